The van der Waals surface area contributed by atoms with E-state index in [1.54, 1.807) is 0 Å². The summed E-state index contributed by atoms with van der Waals surface area (Å²) in [4.78, 5) is 43.6. The summed E-state index contributed by atoms with van der Waals surface area (Å²) >= 11 is 0. The summed E-state index contributed by atoms with van der Waals surface area (Å²) in [6.07, 6.45) is 0. The molecule has 0 saturated heterocycles. The van der Waals surface area contributed by atoms with E-state index >= 15 is 0 Å². The molecule has 0 aliphatic carbocycles. The van der Waals surface area contributed by atoms with Gasteiger partial charge in [0.25, 0.3) is 0 Å². The Kier molecular flexibility index (Phi) is 14.8. The van der Waals surface area contributed by atoms with E-state index < -0.39 is 0 Å². The van der Waals surface area contributed by atoms with Crippen molar-refractivity contribution in [2.45, 2.75) is 105 Å². The van der Waals surface area contributed by atoms with Gasteiger partial charge in [-0.1, -0.05) is 217 Å². The van der Waals surface area contributed by atoms with Crippen LogP contribution < -0.4 is 9.97 Å². The molecule has 0 atom stereocenters. The predicted molar refractivity (Wildman–Crippen MR) is 431 cm³/mol. The number of pyridine rings is 6. The summed E-state index contributed by atoms with van der Waals surface area (Å²) in [5.74, 6) is 0. The van der Waals surface area contributed by atoms with Gasteiger partial charge in [0.15, 0.2) is 11.2 Å². The number of hydrogen-bond donors (Lipinski definition) is 0. The molecule has 0 unspecified atom stereocenters. The van der Waals surface area contributed by atoms with E-state index in [4.69, 9.17) is 57.5 Å². The Labute approximate surface area is 650 Å². The van der Waals surface area contributed by atoms with E-state index in [1.165, 1.54) is 22.3 Å². The molecule has 0 radical (unpaired) electrons. The van der Waals surface area contributed by atoms with Crippen LogP contribution in [0.5, 0.6) is 0 Å². The molecule has 16 bridgehead atoms. The molecular weight excluding hydrogens is 1700 g/mol. The summed E-state index contributed by atoms with van der Waals surface area (Å²) in [5, 5.41) is 12.4. The summed E-state index contributed by atoms with van der Waals surface area (Å²) < 4.78 is 26.6. The molecule has 0 amide bonds. The SMILES string of the molecule is CC(C)(C)c1cc2c3[n-]c4c(cc(C(C)(C)C)cc4c3c1)-c1nc(cc3c1oc1ccccc13)-c1cccc(n1)-c1cc3c(oc4ccccc43)c-2n1.CC(C)(C)c1cc2c3[n-]c4c(cc(C(C)(C)C)cc4c3c1)-c1nc(cc3oc4ccccc4c13)-c1cccc(n1)-c1cc3oc4ccccc4c3c-2n1.[Pt].[Pt]. The Morgan fingerprint density at radius 1 is 0.231 bits per heavy atom. The van der Waals surface area contributed by atoms with E-state index in [0.717, 1.165) is 222 Å². The molecule has 0 spiro atoms. The van der Waals surface area contributed by atoms with Crippen molar-refractivity contribution in [2.24, 2.45) is 0 Å². The Balaban J connectivity index is 0.000000144. The summed E-state index contributed by atoms with van der Waals surface area (Å²) in [7, 11) is 0. The van der Waals surface area contributed by atoms with Crippen molar-refractivity contribution in [3.8, 4) is 90.6 Å². The summed E-state index contributed by atoms with van der Waals surface area (Å²) in [6, 6.07) is 71.7. The molecule has 2 aliphatic heterocycles. The van der Waals surface area contributed by atoms with Crippen molar-refractivity contribution in [1.29, 1.82) is 0 Å². The molecule has 8 aromatic carbocycles. The van der Waals surface area contributed by atoms with E-state index in [1.807, 2.05) is 97.1 Å². The van der Waals surface area contributed by atoms with Crippen LogP contribution in [0.3, 0.4) is 0 Å². The van der Waals surface area contributed by atoms with Gasteiger partial charge in [0, 0.05) is 86.6 Å². The van der Waals surface area contributed by atoms with Crippen LogP contribution in [-0.2, 0) is 63.8 Å². The van der Waals surface area contributed by atoms with Crippen LogP contribution in [0.2, 0.25) is 0 Å². The second-order valence-corrected chi connectivity index (χ2v) is 33.0. The van der Waals surface area contributed by atoms with Gasteiger partial charge in [0.2, 0.25) is 0 Å². The Bertz CT molecular complexity index is 6850. The fourth-order valence-corrected chi connectivity index (χ4v) is 16.2. The largest absolute Gasteiger partial charge is 0.656 e. The molecule has 20 aromatic rings. The minimum absolute atomic E-state index is 0. The van der Waals surface area contributed by atoms with Crippen LogP contribution in [0.25, 0.3) is 222 Å². The molecule has 0 N–H and O–H groups in total. The quantitative estimate of drug-likeness (QED) is 0.142. The van der Waals surface area contributed by atoms with Gasteiger partial charge in [-0.25, -0.2) is 29.9 Å². The minimum atomic E-state index is -0.156. The van der Waals surface area contributed by atoms with E-state index in [-0.39, 0.29) is 63.8 Å². The molecule has 0 saturated carbocycles. The average Bonchev–Trinajstić information content (AvgIpc) is 1.54. The third kappa shape index (κ3) is 10.3. The number of para-hydroxylation sites is 4. The molecule has 0 fully saturated rings. The first kappa shape index (κ1) is 67.4. The Hall–Kier alpha value is -11.2. The van der Waals surface area contributed by atoms with Gasteiger partial charge in [0.05, 0.1) is 67.7 Å². The van der Waals surface area contributed by atoms with Crippen molar-refractivity contribution in [2.75, 3.05) is 0 Å². The average molecular weight is 1770 g/mol. The third-order valence-corrected chi connectivity index (χ3v) is 21.9. The van der Waals surface area contributed by atoms with Crippen molar-refractivity contribution >= 4 is 131 Å². The van der Waals surface area contributed by atoms with Gasteiger partial charge in [0.1, 0.15) is 44.9 Å². The molecule has 12 aromatic heterocycles. The fraction of sp³-hybridized carbons (Fsp3) is 0.170. The van der Waals surface area contributed by atoms with Crippen molar-refractivity contribution in [3.05, 3.63) is 229 Å². The maximum Gasteiger partial charge on any atom is 0.161 e. The molecule has 532 valence electrons. The van der Waals surface area contributed by atoms with Gasteiger partial charge in [-0.15, -0.1) is 22.1 Å². The number of furan rings is 4. The zero-order valence-electron chi connectivity index (χ0n) is 61.5. The van der Waals surface area contributed by atoms with Gasteiger partial charge < -0.3 is 27.6 Å². The maximum absolute atomic E-state index is 6.70. The monoisotopic (exact) mass is 1760 g/mol. The van der Waals surface area contributed by atoms with E-state index in [9.17, 15) is 0 Å². The summed E-state index contributed by atoms with van der Waals surface area (Å²) in [6.45, 7) is 27.2. The van der Waals surface area contributed by atoms with Crippen molar-refractivity contribution in [3.63, 3.8) is 0 Å². The first-order valence-corrected chi connectivity index (χ1v) is 36.4. The van der Waals surface area contributed by atoms with Crippen LogP contribution in [0.15, 0.2) is 224 Å². The smallest absolute Gasteiger partial charge is 0.161 e. The first-order valence-electron chi connectivity index (χ1n) is 36.4. The van der Waals surface area contributed by atoms with Crippen LogP contribution in [0.1, 0.15) is 105 Å². The molecule has 14 heteroatoms. The van der Waals surface area contributed by atoms with Gasteiger partial charge in [-0.05, 0) is 148 Å². The van der Waals surface area contributed by atoms with Gasteiger partial charge in [-0.2, -0.15) is 0 Å². The number of rotatable bonds is 0. The van der Waals surface area contributed by atoms with Crippen LogP contribution in [-0.4, -0.2) is 29.9 Å². The fourth-order valence-electron chi connectivity index (χ4n) is 16.2. The zero-order valence-corrected chi connectivity index (χ0v) is 66.0. The molecule has 22 rings (SSSR count). The van der Waals surface area contributed by atoms with Gasteiger partial charge >= 0.3 is 0 Å². The zero-order chi connectivity index (χ0) is 71.9. The molecule has 108 heavy (non-hydrogen) atoms. The first-order chi connectivity index (χ1) is 51.0. The summed E-state index contributed by atoms with van der Waals surface area (Å²) in [5.41, 5.74) is 26.9. The van der Waals surface area contributed by atoms with Crippen LogP contribution >= 0.6 is 0 Å². The van der Waals surface area contributed by atoms with E-state index in [0.29, 0.717) is 0 Å². The second-order valence-electron chi connectivity index (χ2n) is 33.0. The van der Waals surface area contributed by atoms with E-state index in [2.05, 4.69) is 192 Å². The number of benzene rings is 8. The van der Waals surface area contributed by atoms with Crippen LogP contribution in [0, 0.1) is 0 Å². The predicted octanol–water partition coefficient (Wildman–Crippen LogP) is 25.0. The van der Waals surface area contributed by atoms with Crippen molar-refractivity contribution < 1.29 is 59.8 Å². The molecule has 12 nitrogen and oxygen atoms in total. The Morgan fingerprint density at radius 3 is 0.833 bits per heavy atom. The van der Waals surface area contributed by atoms with Crippen molar-refractivity contribution in [1.82, 2.24) is 39.9 Å². The Morgan fingerprint density at radius 2 is 0.509 bits per heavy atom. The second kappa shape index (κ2) is 23.7. The number of aromatic nitrogens is 8. The van der Waals surface area contributed by atoms with Gasteiger partial charge in [-0.3, -0.25) is 0 Å². The molecule has 14 heterocycles. The third-order valence-electron chi connectivity index (χ3n) is 21.9. The number of hydrogen-bond acceptors (Lipinski definition) is 10. The molecular formula is C94H70N8O4Pt2-2. The molecule has 2 aliphatic rings. The normalized spacial score (nSPS) is 12.9. The number of fused-ring (bicyclic) bond motifs is 38. The number of nitrogens with zero attached hydrogens (tertiary/aromatic N) is 8. The minimum Gasteiger partial charge on any atom is -0.656 e. The standard InChI is InChI=1S/2C47H35N4O2.2Pt/c1-46(2,3)24-18-28-29-19-25(47(4,5)6)21-33-41(29)51-40(28)32(20-24)42-44-30(26-12-7-9-16-38(26)52-44)22-36(49-42)34-14-11-15-35(48-34)37-23-31-27-13-8-10-17-39(27)53-45(31)43(33)50-37;1-46(2,3)24-18-28-29-19-25(47(4,5)6)21-31-43(29)51-42(28)30(20-24)44-40-26-12-7-9-16-36(26)52-38(40)22-34(49-44)32-14-11-15-33(48-32)35-23-39-41(45(31)50-35)27-13-8-10-17-37(27)53-39;;/h2*7-23H,1-6H3;;/q2*-1;;. The van der Waals surface area contributed by atoms with Crippen LogP contribution in [0.4, 0.5) is 0 Å². The maximum atomic E-state index is 6.70. The topological polar surface area (TPSA) is 158 Å².